The minimum absolute atomic E-state index is 0.0473. The van der Waals surface area contributed by atoms with Gasteiger partial charge in [0.2, 0.25) is 11.8 Å². The molecule has 4 N–H and O–H groups in total. The zero-order chi connectivity index (χ0) is 26.6. The van der Waals surface area contributed by atoms with E-state index in [0.717, 1.165) is 22.0 Å². The van der Waals surface area contributed by atoms with Crippen molar-refractivity contribution >= 4 is 28.7 Å². The van der Waals surface area contributed by atoms with Crippen LogP contribution in [0.3, 0.4) is 0 Å². The highest BCUT2D eigenvalue weighted by atomic mass is 16.5. The van der Waals surface area contributed by atoms with E-state index in [2.05, 4.69) is 10.3 Å². The van der Waals surface area contributed by atoms with E-state index in [0.29, 0.717) is 19.4 Å². The van der Waals surface area contributed by atoms with E-state index in [1.54, 1.807) is 25.7 Å². The van der Waals surface area contributed by atoms with Crippen molar-refractivity contribution in [3.63, 3.8) is 0 Å². The van der Waals surface area contributed by atoms with Crippen molar-refractivity contribution in [1.82, 2.24) is 15.2 Å². The van der Waals surface area contributed by atoms with Crippen LogP contribution < -0.4 is 11.1 Å². The standard InChI is InChI=1S/C29H36N4O4/c1-4-37-27(35)23-18-33(15-14-21(23)19-10-6-5-7-11-19)26(34)25(32-28(36)29(2,3)30)16-20-17-31-24-13-9-8-12-22(20)24/h5-13,17,21,23,25,31H,4,14-16,18,30H2,1-3H3,(H,32,36)/t21?,23?,25-/m1/s1. The van der Waals surface area contributed by atoms with Crippen LogP contribution in [-0.4, -0.2) is 58.9 Å². The summed E-state index contributed by atoms with van der Waals surface area (Å²) in [6.07, 6.45) is 2.79. The largest absolute Gasteiger partial charge is 0.466 e. The Bertz CT molecular complexity index is 1250. The van der Waals surface area contributed by atoms with Gasteiger partial charge in [-0.2, -0.15) is 0 Å². The third kappa shape index (κ3) is 6.02. The number of nitrogens with zero attached hydrogens (tertiary/aromatic N) is 1. The SMILES string of the molecule is CCOC(=O)C1CN(C(=O)[C@@H](Cc2c[nH]c3ccccc23)NC(=O)C(C)(C)N)CCC1c1ccccc1. The van der Waals surface area contributed by atoms with Gasteiger partial charge in [-0.05, 0) is 44.4 Å². The Morgan fingerprint density at radius 3 is 2.54 bits per heavy atom. The zero-order valence-corrected chi connectivity index (χ0v) is 21.7. The number of ether oxygens (including phenoxy) is 1. The number of esters is 1. The van der Waals surface area contributed by atoms with Gasteiger partial charge in [0.05, 0.1) is 18.1 Å². The lowest BCUT2D eigenvalue weighted by atomic mass is 9.80. The van der Waals surface area contributed by atoms with Crippen molar-refractivity contribution in [2.75, 3.05) is 19.7 Å². The second-order valence-corrected chi connectivity index (χ2v) is 10.3. The predicted molar refractivity (Wildman–Crippen MR) is 143 cm³/mol. The first kappa shape index (κ1) is 26.4. The highest BCUT2D eigenvalue weighted by Gasteiger charge is 2.40. The smallest absolute Gasteiger partial charge is 0.311 e. The first-order chi connectivity index (χ1) is 17.7. The molecule has 1 fully saturated rings. The van der Waals surface area contributed by atoms with Crippen LogP contribution in [0.15, 0.2) is 60.8 Å². The molecule has 1 aromatic heterocycles. The number of aromatic nitrogens is 1. The number of fused-ring (bicyclic) bond motifs is 1. The fraction of sp³-hybridized carbons (Fsp3) is 0.414. The number of rotatable bonds is 8. The fourth-order valence-electron chi connectivity index (χ4n) is 5.02. The van der Waals surface area contributed by atoms with Gasteiger partial charge in [-0.1, -0.05) is 48.5 Å². The molecule has 0 spiro atoms. The maximum absolute atomic E-state index is 13.9. The second kappa shape index (κ2) is 11.2. The molecular weight excluding hydrogens is 468 g/mol. The quantitative estimate of drug-likeness (QED) is 0.408. The first-order valence-electron chi connectivity index (χ1n) is 12.8. The topological polar surface area (TPSA) is 118 Å². The van der Waals surface area contributed by atoms with E-state index in [1.165, 1.54) is 0 Å². The van der Waals surface area contributed by atoms with Crippen LogP contribution >= 0.6 is 0 Å². The summed E-state index contributed by atoms with van der Waals surface area (Å²) in [5, 5.41) is 3.88. The number of nitrogens with one attached hydrogen (secondary N) is 2. The van der Waals surface area contributed by atoms with Gasteiger partial charge in [-0.3, -0.25) is 14.4 Å². The third-order valence-corrected chi connectivity index (χ3v) is 7.03. The minimum Gasteiger partial charge on any atom is -0.466 e. The number of hydrogen-bond donors (Lipinski definition) is 3. The Labute approximate surface area is 217 Å². The highest BCUT2D eigenvalue weighted by molar-refractivity contribution is 5.93. The molecule has 1 aliphatic rings. The van der Waals surface area contributed by atoms with Crippen LogP contribution in [-0.2, 0) is 25.5 Å². The van der Waals surface area contributed by atoms with Gasteiger partial charge in [0.25, 0.3) is 0 Å². The average molecular weight is 505 g/mol. The van der Waals surface area contributed by atoms with Crippen molar-refractivity contribution in [1.29, 1.82) is 0 Å². The Hall–Kier alpha value is -3.65. The maximum atomic E-state index is 13.9. The first-order valence-corrected chi connectivity index (χ1v) is 12.8. The van der Waals surface area contributed by atoms with Crippen LogP contribution in [0, 0.1) is 5.92 Å². The predicted octanol–water partition coefficient (Wildman–Crippen LogP) is 3.13. The van der Waals surface area contributed by atoms with Gasteiger partial charge < -0.3 is 25.7 Å². The molecule has 8 heteroatoms. The van der Waals surface area contributed by atoms with Crippen molar-refractivity contribution < 1.29 is 19.1 Å². The van der Waals surface area contributed by atoms with E-state index in [-0.39, 0.29) is 30.9 Å². The second-order valence-electron chi connectivity index (χ2n) is 10.3. The molecule has 1 saturated heterocycles. The molecule has 196 valence electrons. The Kier molecular flexibility index (Phi) is 7.97. The monoisotopic (exact) mass is 504 g/mol. The molecule has 0 saturated carbocycles. The Morgan fingerprint density at radius 1 is 1.14 bits per heavy atom. The summed E-state index contributed by atoms with van der Waals surface area (Å²) >= 11 is 0. The van der Waals surface area contributed by atoms with E-state index in [9.17, 15) is 14.4 Å². The summed E-state index contributed by atoms with van der Waals surface area (Å²) in [6.45, 7) is 5.97. The molecule has 2 amide bonds. The zero-order valence-electron chi connectivity index (χ0n) is 21.7. The van der Waals surface area contributed by atoms with Gasteiger partial charge in [0, 0.05) is 42.5 Å². The van der Waals surface area contributed by atoms with Gasteiger partial charge in [-0.25, -0.2) is 0 Å². The van der Waals surface area contributed by atoms with Crippen LogP contribution in [0.5, 0.6) is 0 Å². The summed E-state index contributed by atoms with van der Waals surface area (Å²) in [6, 6.07) is 16.9. The number of nitrogens with two attached hydrogens (primary N) is 1. The molecule has 3 atom stereocenters. The Morgan fingerprint density at radius 2 is 1.84 bits per heavy atom. The number of para-hydroxylation sites is 1. The molecule has 37 heavy (non-hydrogen) atoms. The van der Waals surface area contributed by atoms with Gasteiger partial charge in [0.1, 0.15) is 6.04 Å². The normalized spacial score (nSPS) is 18.9. The van der Waals surface area contributed by atoms with Crippen molar-refractivity contribution in [3.05, 3.63) is 71.9 Å². The molecular formula is C29H36N4O4. The molecule has 2 aromatic carbocycles. The van der Waals surface area contributed by atoms with Crippen LogP contribution in [0.2, 0.25) is 0 Å². The molecule has 0 radical (unpaired) electrons. The maximum Gasteiger partial charge on any atom is 0.311 e. The Balaban J connectivity index is 1.60. The summed E-state index contributed by atoms with van der Waals surface area (Å²) in [4.78, 5) is 44.7. The number of aromatic amines is 1. The van der Waals surface area contributed by atoms with E-state index in [1.807, 2.05) is 60.8 Å². The molecule has 2 heterocycles. The number of carbonyl (C=O) groups excluding carboxylic acids is 3. The number of benzene rings is 2. The van der Waals surface area contributed by atoms with Crippen LogP contribution in [0.25, 0.3) is 10.9 Å². The van der Waals surface area contributed by atoms with E-state index in [4.69, 9.17) is 10.5 Å². The van der Waals surface area contributed by atoms with E-state index >= 15 is 0 Å². The lowest BCUT2D eigenvalue weighted by molar-refractivity contribution is -0.153. The lowest BCUT2D eigenvalue weighted by Crippen LogP contribution is -2.58. The summed E-state index contributed by atoms with van der Waals surface area (Å²) < 4.78 is 5.40. The number of amides is 2. The van der Waals surface area contributed by atoms with Crippen molar-refractivity contribution in [2.24, 2.45) is 11.7 Å². The molecule has 2 unspecified atom stereocenters. The summed E-state index contributed by atoms with van der Waals surface area (Å²) in [5.74, 6) is -1.49. The molecule has 0 aliphatic carbocycles. The number of piperidine rings is 1. The lowest BCUT2D eigenvalue weighted by Gasteiger charge is -2.39. The summed E-state index contributed by atoms with van der Waals surface area (Å²) in [5.41, 5.74) is 7.83. The molecule has 0 bridgehead atoms. The molecule has 3 aromatic rings. The third-order valence-electron chi connectivity index (χ3n) is 7.03. The number of hydrogen-bond acceptors (Lipinski definition) is 5. The van der Waals surface area contributed by atoms with Gasteiger partial charge in [0.15, 0.2) is 0 Å². The highest BCUT2D eigenvalue weighted by Crippen LogP contribution is 2.34. The van der Waals surface area contributed by atoms with Gasteiger partial charge >= 0.3 is 5.97 Å². The van der Waals surface area contributed by atoms with Crippen molar-refractivity contribution in [2.45, 2.75) is 51.1 Å². The molecule has 8 nitrogen and oxygen atoms in total. The van der Waals surface area contributed by atoms with E-state index < -0.39 is 23.4 Å². The van der Waals surface area contributed by atoms with Crippen LogP contribution in [0.1, 0.15) is 44.2 Å². The average Bonchev–Trinajstić information content (AvgIpc) is 3.30. The summed E-state index contributed by atoms with van der Waals surface area (Å²) in [7, 11) is 0. The van der Waals surface area contributed by atoms with Gasteiger partial charge in [-0.15, -0.1) is 0 Å². The number of H-pyrrole nitrogens is 1. The number of likely N-dealkylation sites (tertiary alicyclic amines) is 1. The number of carbonyl (C=O) groups is 3. The van der Waals surface area contributed by atoms with Crippen LogP contribution in [0.4, 0.5) is 0 Å². The molecule has 4 rings (SSSR count). The molecule has 1 aliphatic heterocycles. The van der Waals surface area contributed by atoms with Crippen molar-refractivity contribution in [3.8, 4) is 0 Å². The fourth-order valence-corrected chi connectivity index (χ4v) is 5.02. The minimum atomic E-state index is -1.15.